The minimum absolute atomic E-state index is 0.0726. The molecule has 0 atom stereocenters. The molecule has 0 unspecified atom stereocenters. The molecule has 1 spiro atoms. The van der Waals surface area contributed by atoms with Gasteiger partial charge in [-0.05, 0) is 37.3 Å². The van der Waals surface area contributed by atoms with E-state index >= 15 is 0 Å². The summed E-state index contributed by atoms with van der Waals surface area (Å²) in [5.74, 6) is 0.0530. The molecule has 0 radical (unpaired) electrons. The molecule has 3 rings (SSSR count). The number of imide groups is 1. The van der Waals surface area contributed by atoms with Gasteiger partial charge in [0.05, 0.1) is 5.56 Å². The van der Waals surface area contributed by atoms with E-state index in [0.717, 1.165) is 5.56 Å². The topological polar surface area (TPSA) is 73.8 Å². The number of urea groups is 1. The van der Waals surface area contributed by atoms with E-state index in [4.69, 9.17) is 0 Å². The van der Waals surface area contributed by atoms with Crippen LogP contribution >= 0.6 is 0 Å². The SMILES string of the molecule is Cc1cncc(C(=O)N2CCC3(CC2)C(=O)N(C)C(=O)N3CC(C)C)c1. The summed E-state index contributed by atoms with van der Waals surface area (Å²) in [5, 5.41) is 0. The Bertz CT molecular complexity index is 738. The van der Waals surface area contributed by atoms with Crippen LogP contribution in [0.4, 0.5) is 4.79 Å². The quantitative estimate of drug-likeness (QED) is 0.774. The molecular formula is C19H26N4O3. The van der Waals surface area contributed by atoms with Gasteiger partial charge in [-0.3, -0.25) is 19.5 Å². The summed E-state index contributed by atoms with van der Waals surface area (Å²) in [6.07, 6.45) is 4.23. The lowest BCUT2D eigenvalue weighted by Gasteiger charge is -2.42. The first-order valence-electron chi connectivity index (χ1n) is 9.07. The van der Waals surface area contributed by atoms with Crippen LogP contribution in [0.25, 0.3) is 0 Å². The predicted octanol–water partition coefficient (Wildman–Crippen LogP) is 1.91. The number of likely N-dealkylation sites (tertiary alicyclic amines) is 1. The predicted molar refractivity (Wildman–Crippen MR) is 96.6 cm³/mol. The number of nitrogens with zero attached hydrogens (tertiary/aromatic N) is 4. The van der Waals surface area contributed by atoms with Crippen LogP contribution in [0.3, 0.4) is 0 Å². The Labute approximate surface area is 154 Å². The Morgan fingerprint density at radius 1 is 1.23 bits per heavy atom. The molecule has 1 aromatic heterocycles. The maximum atomic E-state index is 12.8. The first kappa shape index (κ1) is 18.4. The molecule has 0 bridgehead atoms. The molecule has 7 nitrogen and oxygen atoms in total. The normalized spacial score (nSPS) is 19.8. The van der Waals surface area contributed by atoms with Crippen molar-refractivity contribution in [1.29, 1.82) is 0 Å². The molecule has 2 saturated heterocycles. The smallest absolute Gasteiger partial charge is 0.327 e. The average Bonchev–Trinajstić information content (AvgIpc) is 2.78. The molecule has 0 N–H and O–H groups in total. The second-order valence-corrected chi connectivity index (χ2v) is 7.73. The average molecular weight is 358 g/mol. The van der Waals surface area contributed by atoms with Gasteiger partial charge in [0, 0.05) is 39.1 Å². The third-order valence-corrected chi connectivity index (χ3v) is 5.28. The van der Waals surface area contributed by atoms with Gasteiger partial charge in [-0.1, -0.05) is 13.8 Å². The van der Waals surface area contributed by atoms with Crippen LogP contribution in [0.1, 0.15) is 42.6 Å². The zero-order valence-electron chi connectivity index (χ0n) is 15.9. The first-order valence-corrected chi connectivity index (χ1v) is 9.07. The van der Waals surface area contributed by atoms with Gasteiger partial charge >= 0.3 is 6.03 Å². The lowest BCUT2D eigenvalue weighted by atomic mass is 9.85. The fourth-order valence-corrected chi connectivity index (χ4v) is 3.91. The molecule has 2 aliphatic heterocycles. The largest absolute Gasteiger partial charge is 0.338 e. The van der Waals surface area contributed by atoms with Gasteiger partial charge in [0.1, 0.15) is 5.54 Å². The molecule has 3 heterocycles. The van der Waals surface area contributed by atoms with Crippen molar-refractivity contribution in [1.82, 2.24) is 19.7 Å². The fourth-order valence-electron chi connectivity index (χ4n) is 3.91. The Morgan fingerprint density at radius 2 is 1.88 bits per heavy atom. The number of amides is 4. The van der Waals surface area contributed by atoms with Crippen molar-refractivity contribution in [3.05, 3.63) is 29.6 Å². The summed E-state index contributed by atoms with van der Waals surface area (Å²) in [4.78, 5) is 46.9. The molecule has 26 heavy (non-hydrogen) atoms. The highest BCUT2D eigenvalue weighted by atomic mass is 16.2. The zero-order chi connectivity index (χ0) is 19.1. The molecule has 0 saturated carbocycles. The molecule has 4 amide bonds. The minimum Gasteiger partial charge on any atom is -0.338 e. The van der Waals surface area contributed by atoms with Crippen molar-refractivity contribution in [3.63, 3.8) is 0 Å². The number of piperidine rings is 1. The van der Waals surface area contributed by atoms with Gasteiger partial charge in [-0.25, -0.2) is 4.79 Å². The van der Waals surface area contributed by atoms with Crippen LogP contribution in [0, 0.1) is 12.8 Å². The van der Waals surface area contributed by atoms with Crippen LogP contribution in [0.15, 0.2) is 18.5 Å². The highest BCUT2D eigenvalue weighted by Crippen LogP contribution is 2.37. The van der Waals surface area contributed by atoms with Crippen molar-refractivity contribution in [2.45, 2.75) is 39.2 Å². The van der Waals surface area contributed by atoms with Crippen LogP contribution in [-0.4, -0.2) is 69.8 Å². The maximum Gasteiger partial charge on any atom is 0.327 e. The molecule has 2 aliphatic rings. The van der Waals surface area contributed by atoms with Crippen LogP contribution in [0.2, 0.25) is 0 Å². The second-order valence-electron chi connectivity index (χ2n) is 7.73. The Balaban J connectivity index is 1.78. The van der Waals surface area contributed by atoms with E-state index in [1.54, 1.807) is 29.2 Å². The van der Waals surface area contributed by atoms with Crippen molar-refractivity contribution in [3.8, 4) is 0 Å². The molecule has 140 valence electrons. The van der Waals surface area contributed by atoms with E-state index in [1.165, 1.54) is 4.90 Å². The van der Waals surface area contributed by atoms with Gasteiger partial charge in [0.2, 0.25) is 0 Å². The fraction of sp³-hybridized carbons (Fsp3) is 0.579. The summed E-state index contributed by atoms with van der Waals surface area (Å²) < 4.78 is 0. The highest BCUT2D eigenvalue weighted by molar-refractivity contribution is 6.07. The van der Waals surface area contributed by atoms with E-state index in [0.29, 0.717) is 38.0 Å². The number of aromatic nitrogens is 1. The summed E-state index contributed by atoms with van der Waals surface area (Å²) in [5.41, 5.74) is 0.689. The van der Waals surface area contributed by atoms with E-state index in [1.807, 2.05) is 26.8 Å². The number of rotatable bonds is 3. The highest BCUT2D eigenvalue weighted by Gasteiger charge is 2.57. The van der Waals surface area contributed by atoms with Crippen molar-refractivity contribution in [2.75, 3.05) is 26.7 Å². The van der Waals surface area contributed by atoms with Crippen LogP contribution in [0.5, 0.6) is 0 Å². The van der Waals surface area contributed by atoms with E-state index in [2.05, 4.69) is 4.98 Å². The number of hydrogen-bond donors (Lipinski definition) is 0. The lowest BCUT2D eigenvalue weighted by Crippen LogP contribution is -2.58. The molecule has 7 heteroatoms. The molecule has 0 aliphatic carbocycles. The number of hydrogen-bond acceptors (Lipinski definition) is 4. The monoisotopic (exact) mass is 358 g/mol. The Morgan fingerprint density at radius 3 is 2.46 bits per heavy atom. The van der Waals surface area contributed by atoms with Gasteiger partial charge in [0.15, 0.2) is 0 Å². The third-order valence-electron chi connectivity index (χ3n) is 5.28. The lowest BCUT2D eigenvalue weighted by molar-refractivity contribution is -0.134. The number of carbonyl (C=O) groups is 3. The van der Waals surface area contributed by atoms with E-state index in [9.17, 15) is 14.4 Å². The van der Waals surface area contributed by atoms with Crippen LogP contribution in [-0.2, 0) is 4.79 Å². The van der Waals surface area contributed by atoms with Crippen molar-refractivity contribution >= 4 is 17.8 Å². The van der Waals surface area contributed by atoms with E-state index in [-0.39, 0.29) is 23.8 Å². The Kier molecular flexibility index (Phi) is 4.73. The second kappa shape index (κ2) is 6.70. The van der Waals surface area contributed by atoms with E-state index < -0.39 is 5.54 Å². The third kappa shape index (κ3) is 2.95. The van der Waals surface area contributed by atoms with Gasteiger partial charge < -0.3 is 9.80 Å². The van der Waals surface area contributed by atoms with Crippen molar-refractivity contribution < 1.29 is 14.4 Å². The summed E-state index contributed by atoms with van der Waals surface area (Å²) in [6.45, 7) is 7.42. The summed E-state index contributed by atoms with van der Waals surface area (Å²) >= 11 is 0. The zero-order valence-corrected chi connectivity index (χ0v) is 15.9. The summed E-state index contributed by atoms with van der Waals surface area (Å²) in [6, 6.07) is 1.59. The minimum atomic E-state index is -0.808. The van der Waals surface area contributed by atoms with Gasteiger partial charge in [-0.2, -0.15) is 0 Å². The van der Waals surface area contributed by atoms with Gasteiger partial charge in [0.25, 0.3) is 11.8 Å². The van der Waals surface area contributed by atoms with Crippen molar-refractivity contribution in [2.24, 2.45) is 5.92 Å². The molecule has 1 aromatic rings. The maximum absolute atomic E-state index is 12.8. The first-order chi connectivity index (χ1) is 12.3. The molecular weight excluding hydrogens is 332 g/mol. The standard InChI is InChI=1S/C19H26N4O3/c1-13(2)12-23-18(26)21(4)17(25)19(23)5-7-22(8-6-19)16(24)15-9-14(3)10-20-11-15/h9-11,13H,5-8,12H2,1-4H3. The van der Waals surface area contributed by atoms with Gasteiger partial charge in [-0.15, -0.1) is 0 Å². The molecule has 2 fully saturated rings. The number of aryl methyl sites for hydroxylation is 1. The Hall–Kier alpha value is -2.44. The summed E-state index contributed by atoms with van der Waals surface area (Å²) in [7, 11) is 1.54. The number of likely N-dealkylation sites (N-methyl/N-ethyl adjacent to an activating group) is 1. The number of pyridine rings is 1. The van der Waals surface area contributed by atoms with Crippen LogP contribution < -0.4 is 0 Å². The molecule has 0 aromatic carbocycles. The number of carbonyl (C=O) groups excluding carboxylic acids is 3.